The van der Waals surface area contributed by atoms with Crippen molar-refractivity contribution in [1.29, 1.82) is 0 Å². The van der Waals surface area contributed by atoms with Gasteiger partial charge in [-0.05, 0) is 68.7 Å². The maximum absolute atomic E-state index is 11.3. The second kappa shape index (κ2) is 9.87. The number of nitro benzene ring substituents is 1. The molecule has 10 heteroatoms. The lowest BCUT2D eigenvalue weighted by atomic mass is 9.96. The largest absolute Gasteiger partial charge is 0.494 e. The standard InChI is InChI=1S/C26H29N5O4S/c1-16-13-20(17(2)30(16)22-10-9-18(31(32)33)14-23(22)34-3)25-24(21-8-4-5-11-27-21)28-26(36)29(25)15-19-7-6-12-35-19/h4-5,8-11,13-14,19,24-25H,6-7,12,15H2,1-3H3,(H,28,36)/t19-,24-,25-/m0/s1. The molecule has 2 saturated heterocycles. The van der Waals surface area contributed by atoms with Crippen molar-refractivity contribution in [2.45, 2.75) is 44.9 Å². The number of pyridine rings is 1. The van der Waals surface area contributed by atoms with Crippen LogP contribution in [0, 0.1) is 24.0 Å². The monoisotopic (exact) mass is 507 g/mol. The van der Waals surface area contributed by atoms with Crippen LogP contribution < -0.4 is 10.1 Å². The highest BCUT2D eigenvalue weighted by Gasteiger charge is 2.42. The van der Waals surface area contributed by atoms with Crippen LogP contribution in [0.3, 0.4) is 0 Å². The van der Waals surface area contributed by atoms with E-state index in [-0.39, 0.29) is 23.9 Å². The van der Waals surface area contributed by atoms with E-state index in [2.05, 4.69) is 32.8 Å². The molecule has 0 bridgehead atoms. The van der Waals surface area contributed by atoms with Crippen molar-refractivity contribution in [2.24, 2.45) is 0 Å². The van der Waals surface area contributed by atoms with E-state index >= 15 is 0 Å². The summed E-state index contributed by atoms with van der Waals surface area (Å²) in [6, 6.07) is 12.5. The molecule has 1 aromatic carbocycles. The molecule has 0 amide bonds. The summed E-state index contributed by atoms with van der Waals surface area (Å²) < 4.78 is 13.6. The number of aromatic nitrogens is 2. The van der Waals surface area contributed by atoms with E-state index in [4.69, 9.17) is 21.7 Å². The third-order valence-corrected chi connectivity index (χ3v) is 7.38. The lowest BCUT2D eigenvalue weighted by Gasteiger charge is -2.30. The number of hydrogen-bond acceptors (Lipinski definition) is 6. The zero-order chi connectivity index (χ0) is 25.4. The second-order valence-electron chi connectivity index (χ2n) is 9.19. The molecular formula is C26H29N5O4S. The van der Waals surface area contributed by atoms with Gasteiger partial charge in [-0.1, -0.05) is 6.07 Å². The molecular weight excluding hydrogens is 478 g/mol. The van der Waals surface area contributed by atoms with Crippen LogP contribution in [0.4, 0.5) is 5.69 Å². The van der Waals surface area contributed by atoms with Gasteiger partial charge >= 0.3 is 0 Å². The van der Waals surface area contributed by atoms with Gasteiger partial charge in [-0.2, -0.15) is 0 Å². The first kappa shape index (κ1) is 24.2. The molecule has 4 heterocycles. The minimum absolute atomic E-state index is 0.0124. The zero-order valence-corrected chi connectivity index (χ0v) is 21.3. The number of thiocarbonyl (C=S) groups is 1. The van der Waals surface area contributed by atoms with Gasteiger partial charge in [0.15, 0.2) is 5.11 Å². The molecule has 0 unspecified atom stereocenters. The Balaban J connectivity index is 1.61. The molecule has 0 radical (unpaired) electrons. The molecule has 3 atom stereocenters. The maximum Gasteiger partial charge on any atom is 0.273 e. The number of aryl methyl sites for hydroxylation is 1. The van der Waals surface area contributed by atoms with Crippen molar-refractivity contribution >= 4 is 23.0 Å². The number of nitrogens with zero attached hydrogens (tertiary/aromatic N) is 4. The fraction of sp³-hybridized carbons (Fsp3) is 0.385. The van der Waals surface area contributed by atoms with Crippen LogP contribution >= 0.6 is 12.2 Å². The highest BCUT2D eigenvalue weighted by molar-refractivity contribution is 7.80. The van der Waals surface area contributed by atoms with Crippen LogP contribution in [-0.4, -0.2) is 50.9 Å². The van der Waals surface area contributed by atoms with Crippen LogP contribution in [-0.2, 0) is 4.74 Å². The molecule has 3 aromatic rings. The lowest BCUT2D eigenvalue weighted by molar-refractivity contribution is -0.384. The minimum atomic E-state index is -0.418. The normalized spacial score (nSPS) is 21.6. The Morgan fingerprint density at radius 3 is 2.78 bits per heavy atom. The van der Waals surface area contributed by atoms with E-state index in [1.807, 2.05) is 25.1 Å². The number of non-ortho nitro benzene ring substituents is 1. The molecule has 5 rings (SSSR count). The molecule has 2 aliphatic heterocycles. The highest BCUT2D eigenvalue weighted by Crippen LogP contribution is 2.42. The third kappa shape index (κ3) is 4.31. The van der Waals surface area contributed by atoms with Crippen molar-refractivity contribution in [1.82, 2.24) is 19.8 Å². The average Bonchev–Trinajstić information content (AvgIpc) is 3.58. The predicted octanol–water partition coefficient (Wildman–Crippen LogP) is 4.56. The van der Waals surface area contributed by atoms with E-state index in [0.29, 0.717) is 17.4 Å². The molecule has 188 valence electrons. The fourth-order valence-electron chi connectivity index (χ4n) is 5.37. The molecule has 2 aromatic heterocycles. The topological polar surface area (TPSA) is 94.7 Å². The highest BCUT2D eigenvalue weighted by atomic mass is 32.1. The molecule has 2 aliphatic rings. The summed E-state index contributed by atoms with van der Waals surface area (Å²) in [5.74, 6) is 0.440. The Morgan fingerprint density at radius 1 is 1.28 bits per heavy atom. The third-order valence-electron chi connectivity index (χ3n) is 7.03. The number of methoxy groups -OCH3 is 1. The number of hydrogen-bond donors (Lipinski definition) is 1. The zero-order valence-electron chi connectivity index (χ0n) is 20.5. The van der Waals surface area contributed by atoms with Crippen LogP contribution in [0.5, 0.6) is 5.75 Å². The minimum Gasteiger partial charge on any atom is -0.494 e. The molecule has 1 N–H and O–H groups in total. The number of nitrogens with one attached hydrogen (secondary N) is 1. The number of benzene rings is 1. The van der Waals surface area contributed by atoms with Crippen molar-refractivity contribution in [3.8, 4) is 11.4 Å². The Morgan fingerprint density at radius 2 is 2.11 bits per heavy atom. The molecule has 36 heavy (non-hydrogen) atoms. The molecule has 0 spiro atoms. The van der Waals surface area contributed by atoms with Crippen molar-refractivity contribution in [3.05, 3.63) is 81.4 Å². The first-order valence-electron chi connectivity index (χ1n) is 12.0. The number of rotatable bonds is 7. The summed E-state index contributed by atoms with van der Waals surface area (Å²) in [5, 5.41) is 15.5. The van der Waals surface area contributed by atoms with E-state index in [0.717, 1.165) is 47.8 Å². The van der Waals surface area contributed by atoms with E-state index < -0.39 is 4.92 Å². The van der Waals surface area contributed by atoms with Crippen LogP contribution in [0.15, 0.2) is 48.7 Å². The van der Waals surface area contributed by atoms with Crippen LogP contribution in [0.25, 0.3) is 5.69 Å². The summed E-state index contributed by atoms with van der Waals surface area (Å²) >= 11 is 5.82. The summed E-state index contributed by atoms with van der Waals surface area (Å²) in [6.45, 7) is 5.56. The van der Waals surface area contributed by atoms with Gasteiger partial charge in [-0.25, -0.2) is 0 Å². The number of nitro groups is 1. The lowest BCUT2D eigenvalue weighted by Crippen LogP contribution is -2.36. The Kier molecular flexibility index (Phi) is 6.63. The van der Waals surface area contributed by atoms with E-state index in [1.165, 1.54) is 19.2 Å². The van der Waals surface area contributed by atoms with Crippen molar-refractivity contribution < 1.29 is 14.4 Å². The Hall–Kier alpha value is -3.50. The first-order chi connectivity index (χ1) is 17.4. The second-order valence-corrected chi connectivity index (χ2v) is 9.58. The van der Waals surface area contributed by atoms with Gasteiger partial charge in [-0.3, -0.25) is 15.1 Å². The van der Waals surface area contributed by atoms with Gasteiger partial charge in [0.25, 0.3) is 5.69 Å². The smallest absolute Gasteiger partial charge is 0.273 e. The summed E-state index contributed by atoms with van der Waals surface area (Å²) in [5.41, 5.74) is 4.75. The molecule has 9 nitrogen and oxygen atoms in total. The van der Waals surface area contributed by atoms with Crippen molar-refractivity contribution in [2.75, 3.05) is 20.3 Å². The first-order valence-corrected chi connectivity index (χ1v) is 12.4. The van der Waals surface area contributed by atoms with Gasteiger partial charge in [0, 0.05) is 36.8 Å². The van der Waals surface area contributed by atoms with E-state index in [9.17, 15) is 10.1 Å². The molecule has 0 aliphatic carbocycles. The summed E-state index contributed by atoms with van der Waals surface area (Å²) in [7, 11) is 1.53. The fourth-order valence-corrected chi connectivity index (χ4v) is 5.69. The summed E-state index contributed by atoms with van der Waals surface area (Å²) in [6.07, 6.45) is 4.00. The van der Waals surface area contributed by atoms with Crippen LogP contribution in [0.1, 0.15) is 47.6 Å². The van der Waals surface area contributed by atoms with Gasteiger partial charge in [-0.15, -0.1) is 0 Å². The van der Waals surface area contributed by atoms with Gasteiger partial charge < -0.3 is 24.3 Å². The number of ether oxygens (including phenoxy) is 2. The molecule has 2 fully saturated rings. The Bertz CT molecular complexity index is 1290. The van der Waals surface area contributed by atoms with Crippen molar-refractivity contribution in [3.63, 3.8) is 0 Å². The SMILES string of the molecule is COc1cc([N+](=O)[O-])ccc1-n1c(C)cc([C@H]2[C@H](c3ccccn3)NC(=S)N2C[C@@H]2CCCO2)c1C. The van der Waals surface area contributed by atoms with Gasteiger partial charge in [0.1, 0.15) is 5.75 Å². The average molecular weight is 508 g/mol. The van der Waals surface area contributed by atoms with E-state index in [1.54, 1.807) is 12.3 Å². The maximum atomic E-state index is 11.3. The molecule has 0 saturated carbocycles. The Labute approximate surface area is 215 Å². The van der Waals surface area contributed by atoms with Gasteiger partial charge in [0.2, 0.25) is 0 Å². The predicted molar refractivity (Wildman–Crippen MR) is 140 cm³/mol. The van der Waals surface area contributed by atoms with Crippen LogP contribution in [0.2, 0.25) is 0 Å². The summed E-state index contributed by atoms with van der Waals surface area (Å²) in [4.78, 5) is 17.8. The van der Waals surface area contributed by atoms with Gasteiger partial charge in [0.05, 0.1) is 47.7 Å². The quantitative estimate of drug-likeness (QED) is 0.283.